The van der Waals surface area contributed by atoms with Gasteiger partial charge in [0.25, 0.3) is 5.56 Å². The van der Waals surface area contributed by atoms with Gasteiger partial charge < -0.3 is 4.74 Å². The summed E-state index contributed by atoms with van der Waals surface area (Å²) in [5.74, 6) is 1.60. The van der Waals surface area contributed by atoms with E-state index in [-0.39, 0.29) is 5.56 Å². The molecule has 128 valence electrons. The average Bonchev–Trinajstić information content (AvgIpc) is 3.22. The zero-order chi connectivity index (χ0) is 16.8. The highest BCUT2D eigenvalue weighted by atomic mass is 32.1. The summed E-state index contributed by atoms with van der Waals surface area (Å²) in [6.45, 7) is 1.29. The molecule has 1 fully saturated rings. The summed E-state index contributed by atoms with van der Waals surface area (Å²) in [5.41, 5.74) is 2.37. The monoisotopic (exact) mass is 352 g/mol. The number of aryl methyl sites for hydroxylation is 2. The number of aromatic nitrogens is 2. The molecular formula is C20H20N2O2S. The molecule has 0 saturated heterocycles. The second-order valence-electron chi connectivity index (χ2n) is 7.08. The van der Waals surface area contributed by atoms with Crippen molar-refractivity contribution in [2.45, 2.75) is 38.6 Å². The number of benzene rings is 1. The zero-order valence-corrected chi connectivity index (χ0v) is 14.8. The SMILES string of the molecule is O=c1c2c3c(sc2ncn1Cc1ccccc1OCC1CC1)CCC3. The number of hydrogen-bond donors (Lipinski definition) is 0. The van der Waals surface area contributed by atoms with E-state index in [4.69, 9.17) is 4.74 Å². The van der Waals surface area contributed by atoms with E-state index in [0.717, 1.165) is 47.4 Å². The molecule has 2 aliphatic carbocycles. The highest BCUT2D eigenvalue weighted by molar-refractivity contribution is 7.18. The number of thiophene rings is 1. The Hall–Kier alpha value is -2.14. The molecule has 1 aromatic carbocycles. The second kappa shape index (κ2) is 5.99. The lowest BCUT2D eigenvalue weighted by Gasteiger charge is -2.12. The molecule has 0 unspecified atom stereocenters. The lowest BCUT2D eigenvalue weighted by Crippen LogP contribution is -2.21. The van der Waals surface area contributed by atoms with Crippen LogP contribution in [0, 0.1) is 5.92 Å². The molecule has 2 aromatic heterocycles. The van der Waals surface area contributed by atoms with Gasteiger partial charge in [0.1, 0.15) is 10.6 Å². The third kappa shape index (κ3) is 2.76. The second-order valence-corrected chi connectivity index (χ2v) is 8.16. The fourth-order valence-electron chi connectivity index (χ4n) is 3.58. The first kappa shape index (κ1) is 15.1. The molecule has 4 nitrogen and oxygen atoms in total. The van der Waals surface area contributed by atoms with E-state index in [1.807, 2.05) is 24.3 Å². The van der Waals surface area contributed by atoms with Crippen molar-refractivity contribution in [3.63, 3.8) is 0 Å². The first-order valence-electron chi connectivity index (χ1n) is 9.00. The number of para-hydroxylation sites is 1. The Labute approximate surface area is 150 Å². The predicted octanol–water partition coefficient (Wildman–Crippen LogP) is 3.78. The number of rotatable bonds is 5. The first-order valence-corrected chi connectivity index (χ1v) is 9.81. The summed E-state index contributed by atoms with van der Waals surface area (Å²) in [4.78, 5) is 19.8. The van der Waals surface area contributed by atoms with Crippen LogP contribution >= 0.6 is 11.3 Å². The van der Waals surface area contributed by atoms with Crippen LogP contribution in [-0.4, -0.2) is 16.2 Å². The maximum absolute atomic E-state index is 13.0. The molecule has 0 radical (unpaired) electrons. The maximum atomic E-state index is 13.0. The minimum absolute atomic E-state index is 0.0846. The highest BCUT2D eigenvalue weighted by Gasteiger charge is 2.23. The van der Waals surface area contributed by atoms with E-state index in [1.54, 1.807) is 22.2 Å². The highest BCUT2D eigenvalue weighted by Crippen LogP contribution is 2.34. The van der Waals surface area contributed by atoms with Crippen molar-refractivity contribution in [1.82, 2.24) is 9.55 Å². The lowest BCUT2D eigenvalue weighted by molar-refractivity contribution is 0.296. The van der Waals surface area contributed by atoms with Gasteiger partial charge in [-0.05, 0) is 49.7 Å². The maximum Gasteiger partial charge on any atom is 0.262 e. The fourth-order valence-corrected chi connectivity index (χ4v) is 4.80. The molecule has 2 heterocycles. The van der Waals surface area contributed by atoms with Gasteiger partial charge in [-0.25, -0.2) is 4.98 Å². The van der Waals surface area contributed by atoms with Gasteiger partial charge in [-0.2, -0.15) is 0 Å². The van der Waals surface area contributed by atoms with Crippen molar-refractivity contribution in [2.24, 2.45) is 5.92 Å². The summed E-state index contributed by atoms with van der Waals surface area (Å²) in [5, 5.41) is 0.844. The van der Waals surface area contributed by atoms with Crippen molar-refractivity contribution in [3.8, 4) is 5.75 Å². The van der Waals surface area contributed by atoms with Gasteiger partial charge >= 0.3 is 0 Å². The molecule has 0 amide bonds. The molecular weight excluding hydrogens is 332 g/mol. The van der Waals surface area contributed by atoms with Gasteiger partial charge in [0.05, 0.1) is 24.9 Å². The Morgan fingerprint density at radius 3 is 3.00 bits per heavy atom. The molecule has 2 aliphatic rings. The minimum atomic E-state index is 0.0846. The topological polar surface area (TPSA) is 44.1 Å². The molecule has 0 spiro atoms. The Morgan fingerprint density at radius 2 is 2.12 bits per heavy atom. The van der Waals surface area contributed by atoms with Crippen molar-refractivity contribution in [2.75, 3.05) is 6.61 Å². The smallest absolute Gasteiger partial charge is 0.262 e. The number of fused-ring (bicyclic) bond motifs is 3. The van der Waals surface area contributed by atoms with Gasteiger partial charge in [0.15, 0.2) is 0 Å². The van der Waals surface area contributed by atoms with E-state index < -0.39 is 0 Å². The zero-order valence-electron chi connectivity index (χ0n) is 14.0. The van der Waals surface area contributed by atoms with Crippen molar-refractivity contribution in [1.29, 1.82) is 0 Å². The molecule has 3 aromatic rings. The Bertz CT molecular complexity index is 1000. The Morgan fingerprint density at radius 1 is 1.24 bits per heavy atom. The number of nitrogens with zero attached hydrogens (tertiary/aromatic N) is 2. The number of ether oxygens (including phenoxy) is 1. The third-order valence-electron chi connectivity index (χ3n) is 5.18. The predicted molar refractivity (Wildman–Crippen MR) is 99.7 cm³/mol. The third-order valence-corrected chi connectivity index (χ3v) is 6.38. The van der Waals surface area contributed by atoms with E-state index >= 15 is 0 Å². The van der Waals surface area contributed by atoms with E-state index in [9.17, 15) is 4.79 Å². The van der Waals surface area contributed by atoms with Crippen LogP contribution < -0.4 is 10.3 Å². The van der Waals surface area contributed by atoms with Crippen LogP contribution in [0.4, 0.5) is 0 Å². The summed E-state index contributed by atoms with van der Waals surface area (Å²) >= 11 is 1.69. The molecule has 1 saturated carbocycles. The molecule has 5 heteroatoms. The van der Waals surface area contributed by atoms with Gasteiger partial charge in [-0.15, -0.1) is 11.3 Å². The number of hydrogen-bond acceptors (Lipinski definition) is 4. The lowest BCUT2D eigenvalue weighted by atomic mass is 10.2. The summed E-state index contributed by atoms with van der Waals surface area (Å²) in [6, 6.07) is 8.02. The van der Waals surface area contributed by atoms with Crippen molar-refractivity contribution in [3.05, 3.63) is 57.0 Å². The first-order chi connectivity index (χ1) is 12.3. The van der Waals surface area contributed by atoms with Crippen LogP contribution in [0.5, 0.6) is 5.75 Å². The van der Waals surface area contributed by atoms with E-state index in [1.165, 1.54) is 23.3 Å². The van der Waals surface area contributed by atoms with Crippen LogP contribution in [0.1, 0.15) is 35.3 Å². The summed E-state index contributed by atoms with van der Waals surface area (Å²) < 4.78 is 7.72. The molecule has 25 heavy (non-hydrogen) atoms. The van der Waals surface area contributed by atoms with Gasteiger partial charge in [-0.1, -0.05) is 18.2 Å². The normalized spacial score (nSPS) is 16.3. The van der Waals surface area contributed by atoms with Gasteiger partial charge in [0.2, 0.25) is 0 Å². The van der Waals surface area contributed by atoms with Gasteiger partial charge in [0, 0.05) is 10.4 Å². The summed E-state index contributed by atoms with van der Waals surface area (Å²) in [6.07, 6.45) is 7.49. The standard InChI is InChI=1S/C20H20N2O2S/c23-20-18-15-5-3-7-17(15)25-19(18)21-12-22(20)10-14-4-1-2-6-16(14)24-11-13-8-9-13/h1-2,4,6,12-13H,3,5,7-11H2. The van der Waals surface area contributed by atoms with E-state index in [2.05, 4.69) is 4.98 Å². The van der Waals surface area contributed by atoms with Crippen LogP contribution in [0.25, 0.3) is 10.2 Å². The fraction of sp³-hybridized carbons (Fsp3) is 0.400. The molecule has 5 rings (SSSR count). The van der Waals surface area contributed by atoms with Gasteiger partial charge in [-0.3, -0.25) is 9.36 Å². The molecule has 0 N–H and O–H groups in total. The minimum Gasteiger partial charge on any atom is -0.493 e. The van der Waals surface area contributed by atoms with Crippen molar-refractivity contribution >= 4 is 21.6 Å². The van der Waals surface area contributed by atoms with Crippen LogP contribution in [0.3, 0.4) is 0 Å². The summed E-state index contributed by atoms with van der Waals surface area (Å²) in [7, 11) is 0. The van der Waals surface area contributed by atoms with Crippen LogP contribution in [-0.2, 0) is 19.4 Å². The molecule has 0 bridgehead atoms. The quantitative estimate of drug-likeness (QED) is 0.702. The molecule has 0 atom stereocenters. The Kier molecular flexibility index (Phi) is 3.63. The average molecular weight is 352 g/mol. The van der Waals surface area contributed by atoms with Crippen LogP contribution in [0.2, 0.25) is 0 Å². The van der Waals surface area contributed by atoms with E-state index in [0.29, 0.717) is 12.5 Å². The molecule has 0 aliphatic heterocycles. The van der Waals surface area contributed by atoms with Crippen molar-refractivity contribution < 1.29 is 4.74 Å². The Balaban J connectivity index is 1.50. The largest absolute Gasteiger partial charge is 0.493 e. The van der Waals surface area contributed by atoms with Crippen LogP contribution in [0.15, 0.2) is 35.4 Å².